The number of rotatable bonds is 4. The minimum absolute atomic E-state index is 0.238. The lowest BCUT2D eigenvalue weighted by Crippen LogP contribution is -2.00. The van der Waals surface area contributed by atoms with Crippen molar-refractivity contribution in [2.24, 2.45) is 5.16 Å². The third-order valence-electron chi connectivity index (χ3n) is 3.41. The molecule has 0 saturated heterocycles. The van der Waals surface area contributed by atoms with E-state index in [9.17, 15) is 5.11 Å². The summed E-state index contributed by atoms with van der Waals surface area (Å²) in [6.45, 7) is 3.82. The lowest BCUT2D eigenvalue weighted by atomic mass is 9.94. The Bertz CT molecular complexity index is 617. The Morgan fingerprint density at radius 1 is 1.26 bits per heavy atom. The van der Waals surface area contributed by atoms with Crippen LogP contribution in [0.15, 0.2) is 35.5 Å². The number of hydrogen-bond acceptors (Lipinski definition) is 3. The largest absolute Gasteiger partial charge is 0.507 e. The Hall–Kier alpha value is -2.03. The van der Waals surface area contributed by atoms with Gasteiger partial charge in [0.15, 0.2) is 0 Å². The normalized spacial score (nSPS) is 12.0. The van der Waals surface area contributed by atoms with E-state index in [4.69, 9.17) is 5.21 Å². The number of fused-ring (bicyclic) bond motifs is 1. The van der Waals surface area contributed by atoms with Crippen LogP contribution in [0.3, 0.4) is 0 Å². The summed E-state index contributed by atoms with van der Waals surface area (Å²) in [4.78, 5) is 0. The monoisotopic (exact) mass is 257 g/mol. The van der Waals surface area contributed by atoms with Crippen LogP contribution in [-0.4, -0.2) is 16.0 Å². The highest BCUT2D eigenvalue weighted by Gasteiger charge is 2.14. The molecule has 3 heteroatoms. The van der Waals surface area contributed by atoms with Gasteiger partial charge in [-0.2, -0.15) is 0 Å². The first kappa shape index (κ1) is 13.4. The van der Waals surface area contributed by atoms with E-state index in [0.29, 0.717) is 11.3 Å². The molecule has 0 aliphatic heterocycles. The Morgan fingerprint density at radius 2 is 2.00 bits per heavy atom. The summed E-state index contributed by atoms with van der Waals surface area (Å²) in [5.41, 5.74) is 1.98. The van der Waals surface area contributed by atoms with Crippen molar-refractivity contribution in [3.05, 3.63) is 41.5 Å². The molecule has 0 atom stereocenters. The summed E-state index contributed by atoms with van der Waals surface area (Å²) in [6.07, 6.45) is 2.94. The van der Waals surface area contributed by atoms with Gasteiger partial charge in [-0.25, -0.2) is 0 Å². The molecule has 0 heterocycles. The molecule has 2 rings (SSSR count). The molecule has 0 amide bonds. The average molecular weight is 257 g/mol. The van der Waals surface area contributed by atoms with Gasteiger partial charge in [0.1, 0.15) is 5.75 Å². The van der Waals surface area contributed by atoms with E-state index < -0.39 is 0 Å². The smallest absolute Gasteiger partial charge is 0.128 e. The molecule has 3 nitrogen and oxygen atoms in total. The van der Waals surface area contributed by atoms with Gasteiger partial charge in [0.05, 0.1) is 5.71 Å². The van der Waals surface area contributed by atoms with E-state index in [1.54, 1.807) is 6.92 Å². The predicted octanol–water partition coefficient (Wildman–Crippen LogP) is 4.09. The highest BCUT2D eigenvalue weighted by molar-refractivity contribution is 6.12. The Morgan fingerprint density at radius 3 is 2.68 bits per heavy atom. The van der Waals surface area contributed by atoms with Crippen LogP contribution < -0.4 is 0 Å². The van der Waals surface area contributed by atoms with Gasteiger partial charge in [-0.1, -0.05) is 42.8 Å². The van der Waals surface area contributed by atoms with Crippen LogP contribution in [0.1, 0.15) is 37.8 Å². The highest BCUT2D eigenvalue weighted by atomic mass is 16.4. The third kappa shape index (κ3) is 2.55. The number of phenols is 1. The topological polar surface area (TPSA) is 52.8 Å². The second-order valence-corrected chi connectivity index (χ2v) is 4.77. The zero-order valence-corrected chi connectivity index (χ0v) is 11.3. The molecule has 0 fully saturated rings. The molecule has 100 valence electrons. The SMILES string of the molecule is CCCCc1cc2ccccc2c(/C(C)=N/O)c1O. The maximum Gasteiger partial charge on any atom is 0.128 e. The summed E-state index contributed by atoms with van der Waals surface area (Å²) < 4.78 is 0. The number of phenolic OH excluding ortho intramolecular Hbond substituents is 1. The molecule has 0 aliphatic rings. The van der Waals surface area contributed by atoms with Crippen molar-refractivity contribution in [3.63, 3.8) is 0 Å². The lowest BCUT2D eigenvalue weighted by molar-refractivity contribution is 0.319. The van der Waals surface area contributed by atoms with E-state index >= 15 is 0 Å². The molecule has 2 N–H and O–H groups in total. The van der Waals surface area contributed by atoms with Crippen LogP contribution in [0, 0.1) is 0 Å². The summed E-state index contributed by atoms with van der Waals surface area (Å²) in [6, 6.07) is 9.86. The quantitative estimate of drug-likeness (QED) is 0.492. The van der Waals surface area contributed by atoms with Crippen LogP contribution in [0.5, 0.6) is 5.75 Å². The van der Waals surface area contributed by atoms with Crippen molar-refractivity contribution in [2.45, 2.75) is 33.1 Å². The van der Waals surface area contributed by atoms with Gasteiger partial charge in [-0.3, -0.25) is 0 Å². The van der Waals surface area contributed by atoms with Gasteiger partial charge in [0.25, 0.3) is 0 Å². The number of oxime groups is 1. The zero-order valence-electron chi connectivity index (χ0n) is 11.3. The van der Waals surface area contributed by atoms with E-state index in [0.717, 1.165) is 35.6 Å². The van der Waals surface area contributed by atoms with Crippen molar-refractivity contribution in [1.29, 1.82) is 0 Å². The van der Waals surface area contributed by atoms with Crippen LogP contribution in [0.4, 0.5) is 0 Å². The van der Waals surface area contributed by atoms with Crippen LogP contribution >= 0.6 is 0 Å². The number of aryl methyl sites for hydroxylation is 1. The van der Waals surface area contributed by atoms with Gasteiger partial charge in [-0.15, -0.1) is 0 Å². The molecule has 0 aliphatic carbocycles. The Labute approximate surface area is 113 Å². The van der Waals surface area contributed by atoms with Crippen molar-refractivity contribution in [1.82, 2.24) is 0 Å². The minimum Gasteiger partial charge on any atom is -0.507 e. The molecule has 0 saturated carbocycles. The molecule has 0 unspecified atom stereocenters. The molecular formula is C16H19NO2. The first-order valence-electron chi connectivity index (χ1n) is 6.61. The molecule has 19 heavy (non-hydrogen) atoms. The number of benzene rings is 2. The highest BCUT2D eigenvalue weighted by Crippen LogP contribution is 2.32. The van der Waals surface area contributed by atoms with Crippen molar-refractivity contribution in [2.75, 3.05) is 0 Å². The molecule has 2 aromatic carbocycles. The predicted molar refractivity (Wildman–Crippen MR) is 78.2 cm³/mol. The first-order chi connectivity index (χ1) is 9.19. The van der Waals surface area contributed by atoms with Gasteiger partial charge in [0, 0.05) is 5.56 Å². The zero-order chi connectivity index (χ0) is 13.8. The van der Waals surface area contributed by atoms with Gasteiger partial charge in [0.2, 0.25) is 0 Å². The second-order valence-electron chi connectivity index (χ2n) is 4.77. The molecule has 2 aromatic rings. The lowest BCUT2D eigenvalue weighted by Gasteiger charge is -2.13. The maximum atomic E-state index is 10.4. The van der Waals surface area contributed by atoms with Crippen LogP contribution in [-0.2, 0) is 6.42 Å². The summed E-state index contributed by atoms with van der Waals surface area (Å²) in [5.74, 6) is 0.238. The second kappa shape index (κ2) is 5.74. The van der Waals surface area contributed by atoms with Crippen LogP contribution in [0.2, 0.25) is 0 Å². The molecule has 0 bridgehead atoms. The maximum absolute atomic E-state index is 10.4. The third-order valence-corrected chi connectivity index (χ3v) is 3.41. The van der Waals surface area contributed by atoms with Crippen molar-refractivity contribution in [3.8, 4) is 5.75 Å². The average Bonchev–Trinajstić information content (AvgIpc) is 2.44. The number of hydrogen-bond donors (Lipinski definition) is 2. The van der Waals surface area contributed by atoms with E-state index in [1.807, 2.05) is 30.3 Å². The summed E-state index contributed by atoms with van der Waals surface area (Å²) in [5, 5.41) is 24.7. The molecular weight excluding hydrogens is 238 g/mol. The fourth-order valence-electron chi connectivity index (χ4n) is 2.37. The Kier molecular flexibility index (Phi) is 4.05. The van der Waals surface area contributed by atoms with Crippen molar-refractivity contribution < 1.29 is 10.3 Å². The van der Waals surface area contributed by atoms with Crippen LogP contribution in [0.25, 0.3) is 10.8 Å². The summed E-state index contributed by atoms with van der Waals surface area (Å²) in [7, 11) is 0. The first-order valence-corrected chi connectivity index (χ1v) is 6.61. The summed E-state index contributed by atoms with van der Waals surface area (Å²) >= 11 is 0. The fourth-order valence-corrected chi connectivity index (χ4v) is 2.37. The molecule has 0 spiro atoms. The molecule has 0 aromatic heterocycles. The Balaban J connectivity index is 2.70. The number of unbranched alkanes of at least 4 members (excludes halogenated alkanes) is 1. The van der Waals surface area contributed by atoms with E-state index in [-0.39, 0.29) is 5.75 Å². The number of aromatic hydroxyl groups is 1. The number of nitrogens with zero attached hydrogens (tertiary/aromatic N) is 1. The molecule has 0 radical (unpaired) electrons. The van der Waals surface area contributed by atoms with Crippen molar-refractivity contribution >= 4 is 16.5 Å². The van der Waals surface area contributed by atoms with Gasteiger partial charge in [-0.05, 0) is 42.2 Å². The van der Waals surface area contributed by atoms with E-state index in [2.05, 4.69) is 12.1 Å². The minimum atomic E-state index is 0.238. The fraction of sp³-hybridized carbons (Fsp3) is 0.312. The standard InChI is InChI=1S/C16H19NO2/c1-3-4-7-13-10-12-8-5-6-9-14(12)15(16(13)18)11(2)17-19/h5-6,8-10,18-19H,3-4,7H2,1-2H3/b17-11+. The van der Waals surface area contributed by atoms with Gasteiger partial charge < -0.3 is 10.3 Å². The van der Waals surface area contributed by atoms with Gasteiger partial charge >= 0.3 is 0 Å². The van der Waals surface area contributed by atoms with E-state index in [1.165, 1.54) is 0 Å².